The lowest BCUT2D eigenvalue weighted by Gasteiger charge is -2.05. The van der Waals surface area contributed by atoms with E-state index in [1.807, 2.05) is 0 Å². The Bertz CT molecular complexity index is 329. The lowest BCUT2D eigenvalue weighted by Crippen LogP contribution is -1.93. The van der Waals surface area contributed by atoms with Crippen LogP contribution in [0.1, 0.15) is 17.6 Å². The van der Waals surface area contributed by atoms with Gasteiger partial charge in [0.1, 0.15) is 6.61 Å². The summed E-state index contributed by atoms with van der Waals surface area (Å²) in [6.45, 7) is 0.403. The Morgan fingerprint density at radius 3 is 2.71 bits per heavy atom. The second kappa shape index (κ2) is 5.05. The summed E-state index contributed by atoms with van der Waals surface area (Å²) in [6, 6.07) is 4.30. The molecule has 1 aromatic rings. The summed E-state index contributed by atoms with van der Waals surface area (Å²) in [7, 11) is 0. The molecule has 0 fully saturated rings. The summed E-state index contributed by atoms with van der Waals surface area (Å²) in [5, 5.41) is 0. The molecule has 0 aliphatic carbocycles. The van der Waals surface area contributed by atoms with E-state index in [-0.39, 0.29) is 12.2 Å². The zero-order valence-corrected chi connectivity index (χ0v) is 8.63. The molecule has 0 amide bonds. The van der Waals surface area contributed by atoms with E-state index in [9.17, 15) is 13.6 Å². The smallest absolute Gasteiger partial charge is 0.293 e. The van der Waals surface area contributed by atoms with Crippen molar-refractivity contribution in [2.45, 2.75) is 13.0 Å². The summed E-state index contributed by atoms with van der Waals surface area (Å²) in [6.07, 6.45) is -2.51. The van der Waals surface area contributed by atoms with Gasteiger partial charge in [-0.25, -0.2) is 8.78 Å². The fourth-order valence-electron chi connectivity index (χ4n) is 0.968. The van der Waals surface area contributed by atoms with Crippen LogP contribution in [0.3, 0.4) is 0 Å². The van der Waals surface area contributed by atoms with Gasteiger partial charge in [-0.2, -0.15) is 0 Å². The minimum absolute atomic E-state index is 0.0696. The molecule has 0 N–H and O–H groups in total. The minimum Gasteiger partial charge on any atom is -0.463 e. The first-order chi connectivity index (χ1) is 6.65. The minimum atomic E-state index is -2.51. The third-order valence-electron chi connectivity index (χ3n) is 1.62. The first kappa shape index (κ1) is 11.1. The van der Waals surface area contributed by atoms with Crippen LogP contribution in [0, 0.1) is 0 Å². The molecule has 0 saturated carbocycles. The van der Waals surface area contributed by atoms with Gasteiger partial charge in [0.25, 0.3) is 12.9 Å². The Morgan fingerprint density at radius 2 is 2.21 bits per heavy atom. The molecule has 0 radical (unpaired) electrons. The molecule has 0 aliphatic rings. The standard InChI is InChI=1S/C9H7BrF2O2/c10-8-3-6(4-14-5-13)1-2-7(8)9(11)12/h1-3,5,9H,4H2. The van der Waals surface area contributed by atoms with E-state index < -0.39 is 6.43 Å². The lowest BCUT2D eigenvalue weighted by molar-refractivity contribution is -0.129. The molecule has 0 bridgehead atoms. The number of carbonyl (C=O) groups is 1. The highest BCUT2D eigenvalue weighted by Gasteiger charge is 2.11. The maximum absolute atomic E-state index is 12.3. The molecule has 0 spiro atoms. The zero-order chi connectivity index (χ0) is 10.6. The molecule has 0 aliphatic heterocycles. The van der Waals surface area contributed by atoms with Crippen molar-refractivity contribution >= 4 is 22.4 Å². The maximum atomic E-state index is 12.3. The summed E-state index contributed by atoms with van der Waals surface area (Å²) >= 11 is 3.02. The first-order valence-electron chi connectivity index (χ1n) is 3.77. The number of ether oxygens (including phenoxy) is 1. The van der Waals surface area contributed by atoms with Crippen LogP contribution in [0.5, 0.6) is 0 Å². The molecule has 0 heterocycles. The van der Waals surface area contributed by atoms with Crippen molar-refractivity contribution in [1.82, 2.24) is 0 Å². The van der Waals surface area contributed by atoms with E-state index in [0.717, 1.165) is 0 Å². The Balaban J connectivity index is 2.83. The van der Waals surface area contributed by atoms with Crippen molar-refractivity contribution in [3.63, 3.8) is 0 Å². The van der Waals surface area contributed by atoms with Gasteiger partial charge in [0.05, 0.1) is 0 Å². The first-order valence-corrected chi connectivity index (χ1v) is 4.56. The summed E-state index contributed by atoms with van der Waals surface area (Å²) in [4.78, 5) is 9.88. The Labute approximate surface area is 88.0 Å². The average Bonchev–Trinajstić information content (AvgIpc) is 2.14. The number of carbonyl (C=O) groups excluding carboxylic acids is 1. The molecule has 0 aromatic heterocycles. The van der Waals surface area contributed by atoms with E-state index in [1.165, 1.54) is 18.2 Å². The van der Waals surface area contributed by atoms with Gasteiger partial charge in [-0.1, -0.05) is 28.1 Å². The van der Waals surface area contributed by atoms with Crippen molar-refractivity contribution in [2.75, 3.05) is 0 Å². The summed E-state index contributed by atoms with van der Waals surface area (Å²) in [5.74, 6) is 0. The predicted molar refractivity (Wildman–Crippen MR) is 50.0 cm³/mol. The van der Waals surface area contributed by atoms with E-state index in [1.54, 1.807) is 0 Å². The molecular weight excluding hydrogens is 258 g/mol. The predicted octanol–water partition coefficient (Wildman–Crippen LogP) is 3.06. The third kappa shape index (κ3) is 2.77. The van der Waals surface area contributed by atoms with Crippen LogP contribution in [-0.2, 0) is 16.1 Å². The normalized spacial score (nSPS) is 10.3. The number of halogens is 3. The highest BCUT2D eigenvalue weighted by Crippen LogP contribution is 2.28. The molecule has 1 aromatic carbocycles. The largest absolute Gasteiger partial charge is 0.463 e. The van der Waals surface area contributed by atoms with Gasteiger partial charge in [-0.05, 0) is 11.6 Å². The Morgan fingerprint density at radius 1 is 1.50 bits per heavy atom. The molecule has 0 saturated heterocycles. The Kier molecular flexibility index (Phi) is 4.00. The molecule has 0 atom stereocenters. The van der Waals surface area contributed by atoms with Gasteiger partial charge in [-0.15, -0.1) is 0 Å². The van der Waals surface area contributed by atoms with Crippen molar-refractivity contribution in [1.29, 1.82) is 0 Å². The number of benzene rings is 1. The van der Waals surface area contributed by atoms with Crippen LogP contribution in [0.25, 0.3) is 0 Å². The van der Waals surface area contributed by atoms with Gasteiger partial charge >= 0.3 is 0 Å². The van der Waals surface area contributed by atoms with E-state index in [2.05, 4.69) is 20.7 Å². The molecule has 2 nitrogen and oxygen atoms in total. The number of hydrogen-bond acceptors (Lipinski definition) is 2. The number of hydrogen-bond donors (Lipinski definition) is 0. The fourth-order valence-corrected chi connectivity index (χ4v) is 1.57. The van der Waals surface area contributed by atoms with Gasteiger partial charge in [0.15, 0.2) is 0 Å². The van der Waals surface area contributed by atoms with Crippen LogP contribution in [0.4, 0.5) is 8.78 Å². The van der Waals surface area contributed by atoms with Crippen molar-refractivity contribution < 1.29 is 18.3 Å². The number of rotatable bonds is 4. The van der Waals surface area contributed by atoms with Crippen LogP contribution in [0.2, 0.25) is 0 Å². The topological polar surface area (TPSA) is 26.3 Å². The quantitative estimate of drug-likeness (QED) is 0.782. The highest BCUT2D eigenvalue weighted by atomic mass is 79.9. The van der Waals surface area contributed by atoms with E-state index >= 15 is 0 Å². The Hall–Kier alpha value is -0.970. The van der Waals surface area contributed by atoms with Gasteiger partial charge < -0.3 is 4.74 Å². The highest BCUT2D eigenvalue weighted by molar-refractivity contribution is 9.10. The molecular formula is C9H7BrF2O2. The monoisotopic (exact) mass is 264 g/mol. The van der Waals surface area contributed by atoms with Crippen LogP contribution >= 0.6 is 15.9 Å². The van der Waals surface area contributed by atoms with Crippen LogP contribution in [-0.4, -0.2) is 6.47 Å². The van der Waals surface area contributed by atoms with E-state index in [0.29, 0.717) is 16.5 Å². The van der Waals surface area contributed by atoms with Gasteiger partial charge in [0.2, 0.25) is 0 Å². The summed E-state index contributed by atoms with van der Waals surface area (Å²) in [5.41, 5.74) is 0.591. The summed E-state index contributed by atoms with van der Waals surface area (Å²) < 4.78 is 29.4. The maximum Gasteiger partial charge on any atom is 0.293 e. The molecule has 14 heavy (non-hydrogen) atoms. The van der Waals surface area contributed by atoms with Crippen LogP contribution in [0.15, 0.2) is 22.7 Å². The lowest BCUT2D eigenvalue weighted by atomic mass is 10.1. The van der Waals surface area contributed by atoms with Crippen molar-refractivity contribution in [2.24, 2.45) is 0 Å². The van der Waals surface area contributed by atoms with Crippen LogP contribution < -0.4 is 0 Å². The third-order valence-corrected chi connectivity index (χ3v) is 2.30. The molecule has 76 valence electrons. The number of alkyl halides is 2. The average molecular weight is 265 g/mol. The SMILES string of the molecule is O=COCc1ccc(C(F)F)c(Br)c1. The van der Waals surface area contributed by atoms with Crippen molar-refractivity contribution in [3.8, 4) is 0 Å². The van der Waals surface area contributed by atoms with Crippen molar-refractivity contribution in [3.05, 3.63) is 33.8 Å². The molecule has 1 rings (SSSR count). The fraction of sp³-hybridized carbons (Fsp3) is 0.222. The van der Waals surface area contributed by atoms with Gasteiger partial charge in [0, 0.05) is 10.0 Å². The second-order valence-corrected chi connectivity index (χ2v) is 3.42. The van der Waals surface area contributed by atoms with E-state index in [4.69, 9.17) is 0 Å². The van der Waals surface area contributed by atoms with Gasteiger partial charge in [-0.3, -0.25) is 4.79 Å². The molecule has 5 heteroatoms. The second-order valence-electron chi connectivity index (χ2n) is 2.56. The molecule has 0 unspecified atom stereocenters. The zero-order valence-electron chi connectivity index (χ0n) is 7.04.